The van der Waals surface area contributed by atoms with Gasteiger partial charge >= 0.3 is 0 Å². The average Bonchev–Trinajstić information content (AvgIpc) is 2.27. The number of benzene rings is 2. The molecule has 0 saturated carbocycles. The predicted octanol–water partition coefficient (Wildman–Crippen LogP) is 2.46. The highest BCUT2D eigenvalue weighted by Crippen LogP contribution is 2.17. The first-order chi connectivity index (χ1) is 6.85. The highest BCUT2D eigenvalue weighted by molar-refractivity contribution is 5.98. The molecule has 0 aromatic heterocycles. The summed E-state index contributed by atoms with van der Waals surface area (Å²) in [5, 5.41) is 1.94. The average molecular weight is 184 g/mol. The van der Waals surface area contributed by atoms with E-state index in [1.54, 1.807) is 12.1 Å². The number of rotatable bonds is 2. The maximum Gasteiger partial charge on any atom is 0.150 e. The minimum atomic E-state index is 0.443. The molecular formula is C12H8O2. The van der Waals surface area contributed by atoms with Gasteiger partial charge in [0.1, 0.15) is 0 Å². The molecule has 14 heavy (non-hydrogen) atoms. The molecular weight excluding hydrogens is 176 g/mol. The maximum atomic E-state index is 10.7. The van der Waals surface area contributed by atoms with Crippen LogP contribution >= 0.6 is 0 Å². The van der Waals surface area contributed by atoms with Gasteiger partial charge in [0.2, 0.25) is 0 Å². The lowest BCUT2D eigenvalue weighted by Gasteiger charge is -2.00. The Balaban J connectivity index is 2.81. The molecule has 0 aliphatic rings. The number of fused-ring (bicyclic) bond motifs is 1. The molecule has 68 valence electrons. The van der Waals surface area contributed by atoms with Gasteiger partial charge in [0.15, 0.2) is 12.6 Å². The monoisotopic (exact) mass is 184 g/mol. The Kier molecular flexibility index (Phi) is 2.11. The molecule has 0 amide bonds. The summed E-state index contributed by atoms with van der Waals surface area (Å²) in [6.45, 7) is 0. The SMILES string of the molecule is O=Cc1cc2ccccc2cc1C=O. The van der Waals surface area contributed by atoms with E-state index in [4.69, 9.17) is 0 Å². The lowest BCUT2D eigenvalue weighted by molar-refractivity contribution is 0.109. The van der Waals surface area contributed by atoms with Crippen molar-refractivity contribution in [3.63, 3.8) is 0 Å². The van der Waals surface area contributed by atoms with Gasteiger partial charge in [-0.3, -0.25) is 9.59 Å². The van der Waals surface area contributed by atoms with E-state index in [0.29, 0.717) is 23.7 Å². The summed E-state index contributed by atoms with van der Waals surface area (Å²) in [4.78, 5) is 21.3. The molecule has 0 atom stereocenters. The largest absolute Gasteiger partial charge is 0.298 e. The van der Waals surface area contributed by atoms with Gasteiger partial charge in [-0.2, -0.15) is 0 Å². The van der Waals surface area contributed by atoms with E-state index < -0.39 is 0 Å². The minimum Gasteiger partial charge on any atom is -0.298 e. The van der Waals surface area contributed by atoms with Crippen LogP contribution in [-0.4, -0.2) is 12.6 Å². The molecule has 0 spiro atoms. The molecule has 2 nitrogen and oxygen atoms in total. The van der Waals surface area contributed by atoms with Crippen LogP contribution < -0.4 is 0 Å². The summed E-state index contributed by atoms with van der Waals surface area (Å²) in [7, 11) is 0. The van der Waals surface area contributed by atoms with Crippen molar-refractivity contribution in [3.8, 4) is 0 Å². The molecule has 0 unspecified atom stereocenters. The molecule has 0 saturated heterocycles. The van der Waals surface area contributed by atoms with Crippen molar-refractivity contribution in [3.05, 3.63) is 47.5 Å². The predicted molar refractivity (Wildman–Crippen MR) is 54.7 cm³/mol. The van der Waals surface area contributed by atoms with E-state index in [9.17, 15) is 9.59 Å². The molecule has 0 fully saturated rings. The molecule has 2 rings (SSSR count). The van der Waals surface area contributed by atoms with Crippen molar-refractivity contribution < 1.29 is 9.59 Å². The second kappa shape index (κ2) is 3.42. The van der Waals surface area contributed by atoms with Crippen LogP contribution in [0.5, 0.6) is 0 Å². The first-order valence-electron chi connectivity index (χ1n) is 4.28. The molecule has 0 aliphatic heterocycles. The summed E-state index contributed by atoms with van der Waals surface area (Å²) in [6, 6.07) is 11.1. The van der Waals surface area contributed by atoms with Crippen molar-refractivity contribution in [1.29, 1.82) is 0 Å². The van der Waals surface area contributed by atoms with Crippen LogP contribution in [0.2, 0.25) is 0 Å². The van der Waals surface area contributed by atoms with Gasteiger partial charge in [-0.05, 0) is 22.9 Å². The Morgan fingerprint density at radius 3 is 1.57 bits per heavy atom. The minimum absolute atomic E-state index is 0.443. The molecule has 0 bridgehead atoms. The van der Waals surface area contributed by atoms with Crippen LogP contribution in [0.4, 0.5) is 0 Å². The first-order valence-corrected chi connectivity index (χ1v) is 4.28. The van der Waals surface area contributed by atoms with Crippen LogP contribution in [-0.2, 0) is 0 Å². The topological polar surface area (TPSA) is 34.1 Å². The standard InChI is InChI=1S/C12H8O2/c13-7-11-5-9-3-1-2-4-10(9)6-12(11)8-14/h1-8H. The van der Waals surface area contributed by atoms with Gasteiger partial charge in [-0.25, -0.2) is 0 Å². The molecule has 0 N–H and O–H groups in total. The quantitative estimate of drug-likeness (QED) is 0.672. The van der Waals surface area contributed by atoms with E-state index in [0.717, 1.165) is 10.8 Å². The zero-order valence-corrected chi connectivity index (χ0v) is 7.44. The van der Waals surface area contributed by atoms with Crippen molar-refractivity contribution >= 4 is 23.3 Å². The van der Waals surface area contributed by atoms with Gasteiger partial charge < -0.3 is 0 Å². The van der Waals surface area contributed by atoms with Gasteiger partial charge in [-0.1, -0.05) is 24.3 Å². The highest BCUT2D eigenvalue weighted by Gasteiger charge is 2.02. The van der Waals surface area contributed by atoms with Crippen molar-refractivity contribution in [2.45, 2.75) is 0 Å². The van der Waals surface area contributed by atoms with E-state index >= 15 is 0 Å². The Morgan fingerprint density at radius 2 is 1.21 bits per heavy atom. The summed E-state index contributed by atoms with van der Waals surface area (Å²) in [5.74, 6) is 0. The zero-order valence-electron chi connectivity index (χ0n) is 7.44. The maximum absolute atomic E-state index is 10.7. The fourth-order valence-electron chi connectivity index (χ4n) is 1.48. The van der Waals surface area contributed by atoms with Crippen molar-refractivity contribution in [2.75, 3.05) is 0 Å². The number of hydrogen-bond acceptors (Lipinski definition) is 2. The molecule has 2 aromatic rings. The van der Waals surface area contributed by atoms with Crippen LogP contribution in [0.1, 0.15) is 20.7 Å². The Hall–Kier alpha value is -1.96. The lowest BCUT2D eigenvalue weighted by atomic mass is 10.0. The fraction of sp³-hybridized carbons (Fsp3) is 0. The molecule has 0 radical (unpaired) electrons. The van der Waals surface area contributed by atoms with Crippen LogP contribution in [0.3, 0.4) is 0 Å². The summed E-state index contributed by atoms with van der Waals surface area (Å²) < 4.78 is 0. The van der Waals surface area contributed by atoms with E-state index in [1.807, 2.05) is 24.3 Å². The third kappa shape index (κ3) is 1.31. The molecule has 0 heterocycles. The Labute approximate surface area is 81.2 Å². The van der Waals surface area contributed by atoms with E-state index in [-0.39, 0.29) is 0 Å². The number of aldehydes is 2. The van der Waals surface area contributed by atoms with Crippen LogP contribution in [0, 0.1) is 0 Å². The van der Waals surface area contributed by atoms with Crippen LogP contribution in [0.25, 0.3) is 10.8 Å². The van der Waals surface area contributed by atoms with Crippen molar-refractivity contribution in [1.82, 2.24) is 0 Å². The van der Waals surface area contributed by atoms with Crippen LogP contribution in [0.15, 0.2) is 36.4 Å². The smallest absolute Gasteiger partial charge is 0.150 e. The summed E-state index contributed by atoms with van der Waals surface area (Å²) >= 11 is 0. The molecule has 2 aromatic carbocycles. The normalized spacial score (nSPS) is 10.0. The van der Waals surface area contributed by atoms with Gasteiger partial charge in [0, 0.05) is 11.1 Å². The highest BCUT2D eigenvalue weighted by atomic mass is 16.1. The van der Waals surface area contributed by atoms with E-state index in [1.165, 1.54) is 0 Å². The first kappa shape index (κ1) is 8.63. The number of hydrogen-bond donors (Lipinski definition) is 0. The second-order valence-corrected chi connectivity index (χ2v) is 3.06. The van der Waals surface area contributed by atoms with Gasteiger partial charge in [0.25, 0.3) is 0 Å². The van der Waals surface area contributed by atoms with Gasteiger partial charge in [-0.15, -0.1) is 0 Å². The summed E-state index contributed by atoms with van der Waals surface area (Å²) in [6.07, 6.45) is 1.41. The fourth-order valence-corrected chi connectivity index (χ4v) is 1.48. The molecule has 2 heteroatoms. The third-order valence-electron chi connectivity index (χ3n) is 2.21. The second-order valence-electron chi connectivity index (χ2n) is 3.06. The zero-order chi connectivity index (χ0) is 9.97. The Bertz CT molecular complexity index is 454. The number of carbonyl (C=O) groups is 2. The van der Waals surface area contributed by atoms with Gasteiger partial charge in [0.05, 0.1) is 0 Å². The molecule has 0 aliphatic carbocycles. The number of carbonyl (C=O) groups excluding carboxylic acids is 2. The Morgan fingerprint density at radius 1 is 0.786 bits per heavy atom. The van der Waals surface area contributed by atoms with E-state index in [2.05, 4.69) is 0 Å². The van der Waals surface area contributed by atoms with Crippen molar-refractivity contribution in [2.24, 2.45) is 0 Å². The summed E-state index contributed by atoms with van der Waals surface area (Å²) in [5.41, 5.74) is 0.886. The third-order valence-corrected chi connectivity index (χ3v) is 2.21. The lowest BCUT2D eigenvalue weighted by Crippen LogP contribution is -1.90.